The van der Waals surface area contributed by atoms with Gasteiger partial charge in [-0.05, 0) is 113 Å². The summed E-state index contributed by atoms with van der Waals surface area (Å²) in [5, 5.41) is 14.8. The number of nitrogens with one attached hydrogen (secondary N) is 1. The molecule has 6 aliphatic rings. The Hall–Kier alpha value is -0.870. The number of aliphatic hydroxyl groups excluding tert-OH is 1. The summed E-state index contributed by atoms with van der Waals surface area (Å²) in [5.41, 5.74) is 0. The zero-order chi connectivity index (χ0) is 22.2. The average Bonchev–Trinajstić information content (AvgIpc) is 3.35. The van der Waals surface area contributed by atoms with Crippen LogP contribution < -0.4 is 5.32 Å². The maximum Gasteiger partial charge on any atom is 0.186 e. The first kappa shape index (κ1) is 22.6. The molecule has 0 amide bonds. The van der Waals surface area contributed by atoms with Gasteiger partial charge in [0, 0.05) is 18.4 Å². The topological polar surface area (TPSA) is 53.9 Å². The van der Waals surface area contributed by atoms with Crippen LogP contribution in [0.2, 0.25) is 0 Å². The van der Waals surface area contributed by atoms with Crippen molar-refractivity contribution in [1.82, 2.24) is 5.32 Å². The van der Waals surface area contributed by atoms with Crippen molar-refractivity contribution in [2.75, 3.05) is 0 Å². The molecule has 0 saturated heterocycles. The fraction of sp³-hybridized carbons (Fsp3) is 0.897. The van der Waals surface area contributed by atoms with E-state index in [0.29, 0.717) is 12.1 Å². The molecule has 1 aliphatic heterocycles. The van der Waals surface area contributed by atoms with Crippen molar-refractivity contribution in [2.45, 2.75) is 127 Å². The molecule has 4 heteroatoms. The Balaban J connectivity index is 1.16. The van der Waals surface area contributed by atoms with Crippen molar-refractivity contribution in [3.63, 3.8) is 0 Å². The van der Waals surface area contributed by atoms with Crippen molar-refractivity contribution >= 4 is 5.90 Å². The van der Waals surface area contributed by atoms with Crippen molar-refractivity contribution in [3.05, 3.63) is 12.2 Å². The Labute approximate surface area is 201 Å². The van der Waals surface area contributed by atoms with E-state index in [1.807, 2.05) is 0 Å². The van der Waals surface area contributed by atoms with Gasteiger partial charge in [0.1, 0.15) is 12.3 Å². The van der Waals surface area contributed by atoms with Crippen LogP contribution in [0.4, 0.5) is 0 Å². The lowest BCUT2D eigenvalue weighted by Crippen LogP contribution is -2.54. The van der Waals surface area contributed by atoms with Gasteiger partial charge in [0.25, 0.3) is 0 Å². The van der Waals surface area contributed by atoms with Crippen LogP contribution in [-0.2, 0) is 4.74 Å². The maximum absolute atomic E-state index is 10.8. The Kier molecular flexibility index (Phi) is 6.85. The van der Waals surface area contributed by atoms with Crippen LogP contribution in [0.15, 0.2) is 17.1 Å². The van der Waals surface area contributed by atoms with E-state index in [2.05, 4.69) is 17.5 Å². The summed E-state index contributed by atoms with van der Waals surface area (Å²) in [6.45, 7) is 0. The molecule has 184 valence electrons. The lowest BCUT2D eigenvalue weighted by Gasteiger charge is -2.48. The van der Waals surface area contributed by atoms with E-state index in [1.165, 1.54) is 77.0 Å². The van der Waals surface area contributed by atoms with Crippen LogP contribution in [0.5, 0.6) is 0 Å². The lowest BCUT2D eigenvalue weighted by molar-refractivity contribution is 0.0280. The van der Waals surface area contributed by atoms with Crippen molar-refractivity contribution < 1.29 is 9.84 Å². The molecular formula is C29H46N2O2. The highest BCUT2D eigenvalue weighted by atomic mass is 16.5. The zero-order valence-corrected chi connectivity index (χ0v) is 20.5. The largest absolute Gasteiger partial charge is 0.478 e. The Morgan fingerprint density at radius 1 is 0.818 bits per heavy atom. The third-order valence-electron chi connectivity index (χ3n) is 10.5. The summed E-state index contributed by atoms with van der Waals surface area (Å²) in [7, 11) is 0. The first-order chi connectivity index (χ1) is 16.2. The van der Waals surface area contributed by atoms with E-state index >= 15 is 0 Å². The van der Waals surface area contributed by atoms with Gasteiger partial charge in [0.2, 0.25) is 0 Å². The molecule has 0 aromatic heterocycles. The number of aliphatic imine (C=N–C) groups is 1. The van der Waals surface area contributed by atoms with Gasteiger partial charge in [-0.3, -0.25) is 5.32 Å². The van der Waals surface area contributed by atoms with Crippen LogP contribution in [0, 0.1) is 35.5 Å². The molecule has 1 heterocycles. The third kappa shape index (κ3) is 4.94. The van der Waals surface area contributed by atoms with Gasteiger partial charge in [0.15, 0.2) is 5.90 Å². The molecule has 0 aromatic rings. The number of hydrogen-bond donors (Lipinski definition) is 2. The van der Waals surface area contributed by atoms with Crippen LogP contribution in [-0.4, -0.2) is 35.4 Å². The third-order valence-corrected chi connectivity index (χ3v) is 10.5. The summed E-state index contributed by atoms with van der Waals surface area (Å²) >= 11 is 0. The van der Waals surface area contributed by atoms with Crippen molar-refractivity contribution in [1.29, 1.82) is 0 Å². The van der Waals surface area contributed by atoms with E-state index in [0.717, 1.165) is 61.2 Å². The quantitative estimate of drug-likeness (QED) is 0.515. The molecular weight excluding hydrogens is 408 g/mol. The molecule has 0 radical (unpaired) electrons. The summed E-state index contributed by atoms with van der Waals surface area (Å²) in [6.07, 6.45) is 25.4. The van der Waals surface area contributed by atoms with Crippen molar-refractivity contribution in [3.8, 4) is 0 Å². The minimum absolute atomic E-state index is 0.0465. The minimum atomic E-state index is -0.212. The standard InChI is InChI=1S/C29H46N2O2/c32-27-12-6-5-11-25(27)29-30-26(18-28(31-29)33-24-9-3-4-10-24)22-14-13-21-15-19-7-1-2-8-20(19)16-23(21)17-22/h2,8,19-27,29-30,32H,1,3-7,9-18H2. The predicted octanol–water partition coefficient (Wildman–Crippen LogP) is 5.99. The number of ether oxygens (including phenoxy) is 1. The van der Waals surface area contributed by atoms with Gasteiger partial charge < -0.3 is 9.84 Å². The molecule has 4 saturated carbocycles. The Morgan fingerprint density at radius 3 is 2.48 bits per heavy atom. The highest BCUT2D eigenvalue weighted by molar-refractivity contribution is 5.78. The van der Waals surface area contributed by atoms with Crippen LogP contribution in [0.1, 0.15) is 103 Å². The van der Waals surface area contributed by atoms with Crippen molar-refractivity contribution in [2.24, 2.45) is 40.5 Å². The van der Waals surface area contributed by atoms with Gasteiger partial charge in [-0.2, -0.15) is 0 Å². The fourth-order valence-electron chi connectivity index (χ4n) is 8.60. The number of fused-ring (bicyclic) bond motifs is 2. The van der Waals surface area contributed by atoms with Gasteiger partial charge >= 0.3 is 0 Å². The SMILES string of the molecule is OC1CCCCC1C1N=C(OC2CCCC2)CC(C2CCC3CC4CCC=CC4CC3C2)N1. The van der Waals surface area contributed by atoms with Crippen LogP contribution in [0.25, 0.3) is 0 Å². The molecule has 9 unspecified atom stereocenters. The van der Waals surface area contributed by atoms with E-state index in [-0.39, 0.29) is 18.2 Å². The second-order valence-corrected chi connectivity index (χ2v) is 12.5. The first-order valence-electron chi connectivity index (χ1n) is 14.6. The Morgan fingerprint density at radius 2 is 1.61 bits per heavy atom. The van der Waals surface area contributed by atoms with Gasteiger partial charge in [0.05, 0.1) is 6.10 Å². The molecule has 4 fully saturated rings. The normalized spacial score (nSPS) is 46.3. The zero-order valence-electron chi connectivity index (χ0n) is 20.5. The lowest BCUT2D eigenvalue weighted by atomic mass is 9.59. The summed E-state index contributed by atoms with van der Waals surface area (Å²) in [6, 6.07) is 0.471. The van der Waals surface area contributed by atoms with Gasteiger partial charge in [-0.1, -0.05) is 25.0 Å². The highest BCUT2D eigenvalue weighted by Gasteiger charge is 2.44. The molecule has 0 spiro atoms. The number of allylic oxidation sites excluding steroid dienone is 2. The highest BCUT2D eigenvalue weighted by Crippen LogP contribution is 2.50. The molecule has 2 N–H and O–H groups in total. The number of hydrogen-bond acceptors (Lipinski definition) is 4. The van der Waals surface area contributed by atoms with Crippen LogP contribution in [0.3, 0.4) is 0 Å². The molecule has 33 heavy (non-hydrogen) atoms. The summed E-state index contributed by atoms with van der Waals surface area (Å²) in [4.78, 5) is 5.11. The van der Waals surface area contributed by atoms with E-state index in [9.17, 15) is 5.11 Å². The molecule has 6 rings (SSSR count). The second-order valence-electron chi connectivity index (χ2n) is 12.5. The smallest absolute Gasteiger partial charge is 0.186 e. The second kappa shape index (κ2) is 10.0. The molecule has 5 aliphatic carbocycles. The average molecular weight is 455 g/mol. The molecule has 9 atom stereocenters. The number of aliphatic hydroxyl groups is 1. The minimum Gasteiger partial charge on any atom is -0.478 e. The van der Waals surface area contributed by atoms with E-state index in [1.54, 1.807) is 0 Å². The fourth-order valence-corrected chi connectivity index (χ4v) is 8.60. The monoisotopic (exact) mass is 454 g/mol. The van der Waals surface area contributed by atoms with E-state index < -0.39 is 0 Å². The van der Waals surface area contributed by atoms with E-state index in [4.69, 9.17) is 9.73 Å². The molecule has 4 nitrogen and oxygen atoms in total. The van der Waals surface area contributed by atoms with Gasteiger partial charge in [-0.15, -0.1) is 0 Å². The number of nitrogens with zero attached hydrogens (tertiary/aromatic N) is 1. The summed E-state index contributed by atoms with van der Waals surface area (Å²) < 4.78 is 6.53. The predicted molar refractivity (Wildman–Crippen MR) is 133 cm³/mol. The van der Waals surface area contributed by atoms with Crippen LogP contribution >= 0.6 is 0 Å². The first-order valence-corrected chi connectivity index (χ1v) is 14.6. The molecule has 0 aromatic carbocycles. The number of rotatable bonds is 3. The molecule has 0 bridgehead atoms. The van der Waals surface area contributed by atoms with Gasteiger partial charge in [-0.25, -0.2) is 4.99 Å². The summed E-state index contributed by atoms with van der Waals surface area (Å²) in [5.74, 6) is 5.69. The maximum atomic E-state index is 10.8. The Bertz CT molecular complexity index is 729.